The second kappa shape index (κ2) is 7.55. The molecule has 5 heteroatoms. The summed E-state index contributed by atoms with van der Waals surface area (Å²) in [7, 11) is 1.58. The van der Waals surface area contributed by atoms with Gasteiger partial charge in [0.05, 0.1) is 20.1 Å². The fraction of sp³-hybridized carbons (Fsp3) is 0.188. The van der Waals surface area contributed by atoms with E-state index >= 15 is 0 Å². The van der Waals surface area contributed by atoms with Gasteiger partial charge in [-0.15, -0.1) is 0 Å². The molecular formula is C16H16ClNO3. The SMILES string of the molecule is COc1cccc(NC(=O)CCOc2ccc(Cl)cc2)c1. The first-order chi connectivity index (χ1) is 10.2. The third kappa shape index (κ3) is 5.00. The number of carbonyl (C=O) groups excluding carboxylic acids is 1. The minimum Gasteiger partial charge on any atom is -0.497 e. The van der Waals surface area contributed by atoms with Gasteiger partial charge in [-0.05, 0) is 36.4 Å². The summed E-state index contributed by atoms with van der Waals surface area (Å²) in [4.78, 5) is 11.8. The van der Waals surface area contributed by atoms with Gasteiger partial charge in [-0.3, -0.25) is 4.79 Å². The van der Waals surface area contributed by atoms with Gasteiger partial charge in [0.2, 0.25) is 5.91 Å². The number of methoxy groups -OCH3 is 1. The number of amides is 1. The lowest BCUT2D eigenvalue weighted by Gasteiger charge is -2.08. The van der Waals surface area contributed by atoms with E-state index in [1.54, 1.807) is 43.5 Å². The third-order valence-electron chi connectivity index (χ3n) is 2.76. The van der Waals surface area contributed by atoms with Gasteiger partial charge in [-0.1, -0.05) is 17.7 Å². The van der Waals surface area contributed by atoms with Crippen molar-refractivity contribution in [2.75, 3.05) is 19.0 Å². The smallest absolute Gasteiger partial charge is 0.227 e. The van der Waals surface area contributed by atoms with Crippen LogP contribution < -0.4 is 14.8 Å². The normalized spacial score (nSPS) is 10.0. The molecule has 1 N–H and O–H groups in total. The molecule has 0 aliphatic rings. The van der Waals surface area contributed by atoms with E-state index in [9.17, 15) is 4.79 Å². The Morgan fingerprint density at radius 3 is 2.62 bits per heavy atom. The van der Waals surface area contributed by atoms with Gasteiger partial charge in [0, 0.05) is 16.8 Å². The first-order valence-electron chi connectivity index (χ1n) is 6.49. The highest BCUT2D eigenvalue weighted by Gasteiger charge is 2.04. The van der Waals surface area contributed by atoms with Crippen LogP contribution in [-0.2, 0) is 4.79 Å². The number of halogens is 1. The van der Waals surface area contributed by atoms with E-state index < -0.39 is 0 Å². The molecule has 0 aromatic heterocycles. The van der Waals surface area contributed by atoms with Crippen LogP contribution in [0.2, 0.25) is 5.02 Å². The molecule has 0 fully saturated rings. The van der Waals surface area contributed by atoms with E-state index in [0.717, 1.165) is 0 Å². The molecule has 0 aliphatic carbocycles. The Hall–Kier alpha value is -2.20. The van der Waals surface area contributed by atoms with Gasteiger partial charge in [-0.2, -0.15) is 0 Å². The molecule has 2 aromatic rings. The molecule has 2 aromatic carbocycles. The quantitative estimate of drug-likeness (QED) is 0.884. The Morgan fingerprint density at radius 2 is 1.90 bits per heavy atom. The molecule has 0 atom stereocenters. The van der Waals surface area contributed by atoms with Crippen molar-refractivity contribution in [2.24, 2.45) is 0 Å². The molecule has 1 amide bonds. The second-order valence-corrected chi connectivity index (χ2v) is 4.77. The van der Waals surface area contributed by atoms with Crippen molar-refractivity contribution >= 4 is 23.2 Å². The zero-order valence-electron chi connectivity index (χ0n) is 11.6. The van der Waals surface area contributed by atoms with Crippen molar-refractivity contribution in [2.45, 2.75) is 6.42 Å². The second-order valence-electron chi connectivity index (χ2n) is 4.33. The van der Waals surface area contributed by atoms with Crippen LogP contribution in [0.4, 0.5) is 5.69 Å². The third-order valence-corrected chi connectivity index (χ3v) is 3.02. The monoisotopic (exact) mass is 305 g/mol. The van der Waals surface area contributed by atoms with Crippen LogP contribution in [0.3, 0.4) is 0 Å². The minimum atomic E-state index is -0.114. The number of hydrogen-bond donors (Lipinski definition) is 1. The molecule has 0 aliphatic heterocycles. The number of anilines is 1. The van der Waals surface area contributed by atoms with Crippen molar-refractivity contribution in [3.63, 3.8) is 0 Å². The lowest BCUT2D eigenvalue weighted by Crippen LogP contribution is -2.15. The van der Waals surface area contributed by atoms with Crippen LogP contribution >= 0.6 is 11.6 Å². The number of carbonyl (C=O) groups is 1. The predicted molar refractivity (Wildman–Crippen MR) is 83.2 cm³/mol. The van der Waals surface area contributed by atoms with Gasteiger partial charge < -0.3 is 14.8 Å². The van der Waals surface area contributed by atoms with Crippen LogP contribution in [0.25, 0.3) is 0 Å². The summed E-state index contributed by atoms with van der Waals surface area (Å²) in [5.41, 5.74) is 0.700. The van der Waals surface area contributed by atoms with Crippen molar-refractivity contribution in [1.29, 1.82) is 0 Å². The van der Waals surface area contributed by atoms with E-state index in [1.165, 1.54) is 0 Å². The molecule has 21 heavy (non-hydrogen) atoms. The molecule has 0 radical (unpaired) electrons. The van der Waals surface area contributed by atoms with Crippen molar-refractivity contribution in [3.05, 3.63) is 53.6 Å². The summed E-state index contributed by atoms with van der Waals surface area (Å²) in [6.45, 7) is 0.303. The number of rotatable bonds is 6. The average molecular weight is 306 g/mol. The number of nitrogens with one attached hydrogen (secondary N) is 1. The molecule has 0 saturated heterocycles. The molecule has 0 bridgehead atoms. The van der Waals surface area contributed by atoms with Crippen LogP contribution in [0, 0.1) is 0 Å². The fourth-order valence-corrected chi connectivity index (χ4v) is 1.84. The number of benzene rings is 2. The molecular weight excluding hydrogens is 290 g/mol. The van der Waals surface area contributed by atoms with Crippen LogP contribution in [0.15, 0.2) is 48.5 Å². The van der Waals surface area contributed by atoms with Gasteiger partial charge in [0.1, 0.15) is 11.5 Å². The summed E-state index contributed by atoms with van der Waals surface area (Å²) in [5.74, 6) is 1.27. The first kappa shape index (κ1) is 15.2. The van der Waals surface area contributed by atoms with E-state index in [1.807, 2.05) is 12.1 Å². The van der Waals surface area contributed by atoms with E-state index in [2.05, 4.69) is 5.32 Å². The highest BCUT2D eigenvalue weighted by molar-refractivity contribution is 6.30. The van der Waals surface area contributed by atoms with Crippen LogP contribution in [-0.4, -0.2) is 19.6 Å². The largest absolute Gasteiger partial charge is 0.497 e. The molecule has 0 heterocycles. The summed E-state index contributed by atoms with van der Waals surface area (Å²) in [5, 5.41) is 3.44. The average Bonchev–Trinajstić information content (AvgIpc) is 2.49. The Morgan fingerprint density at radius 1 is 1.14 bits per heavy atom. The summed E-state index contributed by atoms with van der Waals surface area (Å²) in [6.07, 6.45) is 0.264. The summed E-state index contributed by atoms with van der Waals surface area (Å²) < 4.78 is 10.6. The Kier molecular flexibility index (Phi) is 5.46. The molecule has 110 valence electrons. The topological polar surface area (TPSA) is 47.6 Å². The van der Waals surface area contributed by atoms with Gasteiger partial charge >= 0.3 is 0 Å². The minimum absolute atomic E-state index is 0.114. The maximum atomic E-state index is 11.8. The van der Waals surface area contributed by atoms with Gasteiger partial charge in [-0.25, -0.2) is 0 Å². The molecule has 4 nitrogen and oxygen atoms in total. The number of hydrogen-bond acceptors (Lipinski definition) is 3. The molecule has 0 spiro atoms. The van der Waals surface area contributed by atoms with Crippen LogP contribution in [0.1, 0.15) is 6.42 Å². The standard InChI is InChI=1S/C16H16ClNO3/c1-20-15-4-2-3-13(11-15)18-16(19)9-10-21-14-7-5-12(17)6-8-14/h2-8,11H,9-10H2,1H3,(H,18,19). The first-order valence-corrected chi connectivity index (χ1v) is 6.87. The molecule has 0 saturated carbocycles. The van der Waals surface area contributed by atoms with E-state index in [-0.39, 0.29) is 12.3 Å². The van der Waals surface area contributed by atoms with Crippen LogP contribution in [0.5, 0.6) is 11.5 Å². The summed E-state index contributed by atoms with van der Waals surface area (Å²) in [6, 6.07) is 14.2. The van der Waals surface area contributed by atoms with Crippen molar-refractivity contribution in [1.82, 2.24) is 0 Å². The Bertz CT molecular complexity index is 599. The van der Waals surface area contributed by atoms with E-state index in [4.69, 9.17) is 21.1 Å². The molecule has 0 unspecified atom stereocenters. The Labute approximate surface area is 128 Å². The highest BCUT2D eigenvalue weighted by atomic mass is 35.5. The lowest BCUT2D eigenvalue weighted by atomic mass is 10.3. The van der Waals surface area contributed by atoms with Gasteiger partial charge in [0.25, 0.3) is 0 Å². The predicted octanol–water partition coefficient (Wildman–Crippen LogP) is 3.76. The van der Waals surface area contributed by atoms with Gasteiger partial charge in [0.15, 0.2) is 0 Å². The maximum Gasteiger partial charge on any atom is 0.227 e. The lowest BCUT2D eigenvalue weighted by molar-refractivity contribution is -0.116. The highest BCUT2D eigenvalue weighted by Crippen LogP contribution is 2.17. The summed E-state index contributed by atoms with van der Waals surface area (Å²) >= 11 is 5.78. The Balaban J connectivity index is 1.78. The van der Waals surface area contributed by atoms with E-state index in [0.29, 0.717) is 28.8 Å². The van der Waals surface area contributed by atoms with Crippen molar-refractivity contribution in [3.8, 4) is 11.5 Å². The maximum absolute atomic E-state index is 11.8. The number of ether oxygens (including phenoxy) is 2. The fourth-order valence-electron chi connectivity index (χ4n) is 1.72. The zero-order chi connectivity index (χ0) is 15.1. The van der Waals surface area contributed by atoms with Crippen molar-refractivity contribution < 1.29 is 14.3 Å². The zero-order valence-corrected chi connectivity index (χ0v) is 12.4. The molecule has 2 rings (SSSR count).